The smallest absolute Gasteiger partial charge is 0.276 e. The summed E-state index contributed by atoms with van der Waals surface area (Å²) in [6.45, 7) is 11.7. The fraction of sp³-hybridized carbons (Fsp3) is 0.421. The Morgan fingerprint density at radius 2 is 1.77 bits per heavy atom. The summed E-state index contributed by atoms with van der Waals surface area (Å²) >= 11 is 6.03. The molecule has 1 aromatic carbocycles. The van der Waals surface area contributed by atoms with E-state index in [2.05, 4.69) is 29.6 Å². The van der Waals surface area contributed by atoms with Crippen LogP contribution in [0.2, 0.25) is 5.02 Å². The third-order valence-corrected chi connectivity index (χ3v) is 3.97. The molecule has 1 heterocycles. The van der Waals surface area contributed by atoms with Crippen LogP contribution in [0, 0.1) is 0 Å². The monoisotopic (exact) mass is 376 g/mol. The highest BCUT2D eigenvalue weighted by atomic mass is 35.5. The van der Waals surface area contributed by atoms with Crippen molar-refractivity contribution in [2.45, 2.75) is 53.0 Å². The number of hydrogen-bond donors (Lipinski definition) is 2. The van der Waals surface area contributed by atoms with Crippen molar-refractivity contribution in [2.24, 2.45) is 0 Å². The number of hydrogen-bond acceptors (Lipinski definition) is 3. The van der Waals surface area contributed by atoms with Crippen molar-refractivity contribution in [2.75, 3.05) is 10.6 Å². The van der Waals surface area contributed by atoms with Gasteiger partial charge in [-0.25, -0.2) is 0 Å². The van der Waals surface area contributed by atoms with Crippen LogP contribution in [0.3, 0.4) is 0 Å². The summed E-state index contributed by atoms with van der Waals surface area (Å²) in [5.41, 5.74) is 1.96. The van der Waals surface area contributed by atoms with E-state index in [1.807, 2.05) is 25.5 Å². The predicted molar refractivity (Wildman–Crippen MR) is 105 cm³/mol. The average molecular weight is 377 g/mol. The third kappa shape index (κ3) is 4.64. The zero-order chi connectivity index (χ0) is 19.6. The number of rotatable bonds is 4. The summed E-state index contributed by atoms with van der Waals surface area (Å²) in [6, 6.07) is 6.68. The molecule has 2 amide bonds. The molecule has 0 aliphatic carbocycles. The van der Waals surface area contributed by atoms with Crippen molar-refractivity contribution < 1.29 is 9.59 Å². The Morgan fingerprint density at radius 3 is 2.27 bits per heavy atom. The molecular weight excluding hydrogens is 352 g/mol. The van der Waals surface area contributed by atoms with Crippen molar-refractivity contribution in [3.63, 3.8) is 0 Å². The average Bonchev–Trinajstić information content (AvgIpc) is 2.95. The highest BCUT2D eigenvalue weighted by molar-refractivity contribution is 6.31. The lowest BCUT2D eigenvalue weighted by Gasteiger charge is -2.23. The number of benzene rings is 1. The van der Waals surface area contributed by atoms with Crippen molar-refractivity contribution in [3.8, 4) is 0 Å². The van der Waals surface area contributed by atoms with Crippen LogP contribution in [0.5, 0.6) is 0 Å². The van der Waals surface area contributed by atoms with Crippen LogP contribution in [0.1, 0.15) is 63.6 Å². The van der Waals surface area contributed by atoms with Crippen LogP contribution in [-0.4, -0.2) is 21.6 Å². The molecule has 7 heteroatoms. The van der Waals surface area contributed by atoms with E-state index < -0.39 is 0 Å². The quantitative estimate of drug-likeness (QED) is 0.816. The Morgan fingerprint density at radius 1 is 1.12 bits per heavy atom. The maximum atomic E-state index is 12.7. The molecule has 2 N–H and O–H groups in total. The summed E-state index contributed by atoms with van der Waals surface area (Å²) in [5.74, 6) is -0.366. The molecule has 0 saturated heterocycles. The molecular formula is C19H25ClN4O2. The van der Waals surface area contributed by atoms with Gasteiger partial charge in [-0.2, -0.15) is 5.10 Å². The van der Waals surface area contributed by atoms with Crippen LogP contribution in [-0.2, 0) is 10.3 Å². The van der Waals surface area contributed by atoms with E-state index >= 15 is 0 Å². The largest absolute Gasteiger partial charge is 0.325 e. The first-order valence-corrected chi connectivity index (χ1v) is 8.85. The topological polar surface area (TPSA) is 76.0 Å². The molecule has 6 nitrogen and oxygen atoms in total. The molecule has 0 saturated carbocycles. The van der Waals surface area contributed by atoms with Crippen LogP contribution < -0.4 is 10.6 Å². The van der Waals surface area contributed by atoms with E-state index in [0.29, 0.717) is 22.1 Å². The molecule has 0 bridgehead atoms. The van der Waals surface area contributed by atoms with Gasteiger partial charge in [0.1, 0.15) is 0 Å². The normalized spacial score (nSPS) is 11.5. The van der Waals surface area contributed by atoms with Gasteiger partial charge in [0.15, 0.2) is 5.69 Å². The molecule has 0 atom stereocenters. The number of amides is 2. The second-order valence-electron chi connectivity index (χ2n) is 7.52. The van der Waals surface area contributed by atoms with Crippen LogP contribution in [0.4, 0.5) is 11.4 Å². The Bertz CT molecular complexity index is 835. The van der Waals surface area contributed by atoms with Gasteiger partial charge in [-0.15, -0.1) is 0 Å². The van der Waals surface area contributed by atoms with Crippen molar-refractivity contribution in [3.05, 3.63) is 40.7 Å². The molecule has 140 valence electrons. The fourth-order valence-corrected chi connectivity index (χ4v) is 2.73. The molecule has 0 unspecified atom stereocenters. The lowest BCUT2D eigenvalue weighted by atomic mass is 10.1. The van der Waals surface area contributed by atoms with Gasteiger partial charge in [0.2, 0.25) is 5.91 Å². The standard InChI is InChI=1S/C19H25ClN4O2/c1-11(2)17-10-16(23-24(17)19(4,5)6)18(26)22-15-9-13(20)7-8-14(15)21-12(3)25/h7-11H,1-6H3,(H,21,25)(H,22,26). The second-order valence-corrected chi connectivity index (χ2v) is 7.95. The first kappa shape index (κ1) is 20.0. The maximum Gasteiger partial charge on any atom is 0.276 e. The summed E-state index contributed by atoms with van der Waals surface area (Å²) in [4.78, 5) is 24.1. The molecule has 0 radical (unpaired) electrons. The number of carbonyl (C=O) groups excluding carboxylic acids is 2. The van der Waals surface area contributed by atoms with E-state index in [0.717, 1.165) is 5.69 Å². The Balaban J connectivity index is 2.37. The minimum atomic E-state index is -0.358. The second kappa shape index (κ2) is 7.50. The lowest BCUT2D eigenvalue weighted by molar-refractivity contribution is -0.114. The zero-order valence-corrected chi connectivity index (χ0v) is 16.7. The van der Waals surface area contributed by atoms with Gasteiger partial charge in [-0.05, 0) is 51.0 Å². The number of carbonyl (C=O) groups is 2. The number of aromatic nitrogens is 2. The first-order valence-electron chi connectivity index (χ1n) is 8.48. The number of nitrogens with one attached hydrogen (secondary N) is 2. The van der Waals surface area contributed by atoms with Crippen molar-refractivity contribution in [1.29, 1.82) is 0 Å². The van der Waals surface area contributed by atoms with Gasteiger partial charge in [0.05, 0.1) is 16.9 Å². The van der Waals surface area contributed by atoms with Gasteiger partial charge in [0, 0.05) is 17.6 Å². The minimum Gasteiger partial charge on any atom is -0.325 e. The minimum absolute atomic E-state index is 0.226. The maximum absolute atomic E-state index is 12.7. The number of halogens is 1. The van der Waals surface area contributed by atoms with Crippen molar-refractivity contribution >= 4 is 34.8 Å². The molecule has 1 aromatic heterocycles. The van der Waals surface area contributed by atoms with Gasteiger partial charge < -0.3 is 10.6 Å². The Kier molecular flexibility index (Phi) is 5.76. The van der Waals surface area contributed by atoms with Gasteiger partial charge >= 0.3 is 0 Å². The Hall–Kier alpha value is -2.34. The zero-order valence-electron chi connectivity index (χ0n) is 16.0. The fourth-order valence-electron chi connectivity index (χ4n) is 2.56. The molecule has 26 heavy (non-hydrogen) atoms. The molecule has 2 rings (SSSR count). The van der Waals surface area contributed by atoms with Crippen molar-refractivity contribution in [1.82, 2.24) is 9.78 Å². The predicted octanol–water partition coefficient (Wildman–Crippen LogP) is 4.63. The van der Waals surface area contributed by atoms with E-state index in [9.17, 15) is 9.59 Å². The van der Waals surface area contributed by atoms with Crippen LogP contribution in [0.25, 0.3) is 0 Å². The summed E-state index contributed by atoms with van der Waals surface area (Å²) in [7, 11) is 0. The summed E-state index contributed by atoms with van der Waals surface area (Å²) in [5, 5.41) is 10.4. The third-order valence-electron chi connectivity index (χ3n) is 3.74. The lowest BCUT2D eigenvalue weighted by Crippen LogP contribution is -2.26. The van der Waals surface area contributed by atoms with E-state index in [-0.39, 0.29) is 23.3 Å². The molecule has 0 spiro atoms. The van der Waals surface area contributed by atoms with Gasteiger partial charge in [-0.1, -0.05) is 25.4 Å². The van der Waals surface area contributed by atoms with E-state index in [1.165, 1.54) is 6.92 Å². The van der Waals surface area contributed by atoms with Crippen LogP contribution in [0.15, 0.2) is 24.3 Å². The number of nitrogens with zero attached hydrogens (tertiary/aromatic N) is 2. The molecule has 0 aliphatic heterocycles. The Labute approximate surface area is 158 Å². The van der Waals surface area contributed by atoms with E-state index in [1.54, 1.807) is 24.3 Å². The highest BCUT2D eigenvalue weighted by Crippen LogP contribution is 2.28. The molecule has 0 fully saturated rings. The highest BCUT2D eigenvalue weighted by Gasteiger charge is 2.24. The molecule has 2 aromatic rings. The van der Waals surface area contributed by atoms with Gasteiger partial charge in [-0.3, -0.25) is 14.3 Å². The SMILES string of the molecule is CC(=O)Nc1ccc(Cl)cc1NC(=O)c1cc(C(C)C)n(C(C)(C)C)n1. The van der Waals surface area contributed by atoms with Gasteiger partial charge in [0.25, 0.3) is 5.91 Å². The first-order chi connectivity index (χ1) is 12.0. The summed E-state index contributed by atoms with van der Waals surface area (Å²) < 4.78 is 1.87. The summed E-state index contributed by atoms with van der Waals surface area (Å²) in [6.07, 6.45) is 0. The number of anilines is 2. The van der Waals surface area contributed by atoms with E-state index in [4.69, 9.17) is 11.6 Å². The molecule has 0 aliphatic rings. The van der Waals surface area contributed by atoms with Crippen LogP contribution >= 0.6 is 11.6 Å².